The number of amides is 1. The monoisotopic (exact) mass is 551 g/mol. The number of ether oxygens (including phenoxy) is 1. The van der Waals surface area contributed by atoms with Crippen LogP contribution < -0.4 is 9.64 Å². The normalized spacial score (nSPS) is 14.0. The number of H-pyrrole nitrogens is 1. The number of anilines is 1. The number of hydrogen-bond acceptors (Lipinski definition) is 7. The lowest BCUT2D eigenvalue weighted by Crippen LogP contribution is -2.48. The molecule has 11 heteroatoms. The van der Waals surface area contributed by atoms with Crippen molar-refractivity contribution in [3.8, 4) is 17.1 Å². The van der Waals surface area contributed by atoms with E-state index in [1.807, 2.05) is 38.1 Å². The van der Waals surface area contributed by atoms with Crippen LogP contribution in [-0.4, -0.2) is 89.3 Å². The van der Waals surface area contributed by atoms with Gasteiger partial charge < -0.3 is 19.4 Å². The maximum absolute atomic E-state index is 16.5. The smallest absolute Gasteiger partial charge is 0.319 e. The number of rotatable bonds is 8. The number of hydrogen-bond donors (Lipinski definition) is 1. The predicted molar refractivity (Wildman–Crippen MR) is 152 cm³/mol. The molecule has 39 heavy (non-hydrogen) atoms. The second-order valence-corrected chi connectivity index (χ2v) is 10.3. The van der Waals surface area contributed by atoms with Gasteiger partial charge in [-0.05, 0) is 51.2 Å². The number of aromatic amines is 1. The molecule has 1 aliphatic heterocycles. The van der Waals surface area contributed by atoms with Crippen molar-refractivity contribution >= 4 is 45.1 Å². The van der Waals surface area contributed by atoms with Gasteiger partial charge in [0.1, 0.15) is 11.3 Å². The van der Waals surface area contributed by atoms with E-state index in [-0.39, 0.29) is 28.0 Å². The first-order chi connectivity index (χ1) is 18.8. The summed E-state index contributed by atoms with van der Waals surface area (Å²) >= 11 is 6.80. The average Bonchev–Trinajstić information content (AvgIpc) is 3.41. The number of nitrogens with zero attached hydrogens (tertiary/aromatic N) is 6. The summed E-state index contributed by atoms with van der Waals surface area (Å²) in [5.74, 6) is -0.134. The molecule has 3 heterocycles. The Morgan fingerprint density at radius 1 is 1.21 bits per heavy atom. The molecule has 1 fully saturated rings. The molecule has 1 saturated heterocycles. The lowest BCUT2D eigenvalue weighted by atomic mass is 9.95. The van der Waals surface area contributed by atoms with Gasteiger partial charge in [-0.1, -0.05) is 24.2 Å². The van der Waals surface area contributed by atoms with E-state index in [4.69, 9.17) is 21.3 Å². The molecule has 4 aromatic rings. The van der Waals surface area contributed by atoms with E-state index in [1.165, 1.54) is 6.08 Å². The molecule has 1 amide bonds. The molecule has 5 rings (SSSR count). The Morgan fingerprint density at radius 2 is 1.97 bits per heavy atom. The van der Waals surface area contributed by atoms with Gasteiger partial charge in [0.2, 0.25) is 5.91 Å². The van der Waals surface area contributed by atoms with Gasteiger partial charge in [0, 0.05) is 54.6 Å². The highest BCUT2D eigenvalue weighted by atomic mass is 35.5. The van der Waals surface area contributed by atoms with Crippen molar-refractivity contribution in [2.24, 2.45) is 0 Å². The van der Waals surface area contributed by atoms with Crippen LogP contribution >= 0.6 is 11.6 Å². The number of halogens is 2. The summed E-state index contributed by atoms with van der Waals surface area (Å²) in [6.07, 6.45) is 3.75. The summed E-state index contributed by atoms with van der Waals surface area (Å²) in [4.78, 5) is 27.1. The molecule has 0 bridgehead atoms. The Kier molecular flexibility index (Phi) is 7.67. The summed E-state index contributed by atoms with van der Waals surface area (Å²) in [6, 6.07) is 5.64. The summed E-state index contributed by atoms with van der Waals surface area (Å²) < 4.78 is 22.4. The lowest BCUT2D eigenvalue weighted by molar-refractivity contribution is -0.126. The predicted octanol–water partition coefficient (Wildman–Crippen LogP) is 4.44. The first-order valence-electron chi connectivity index (χ1n) is 12.8. The summed E-state index contributed by atoms with van der Waals surface area (Å²) in [7, 11) is 3.98. The fourth-order valence-corrected chi connectivity index (χ4v) is 5.25. The summed E-state index contributed by atoms with van der Waals surface area (Å²) in [5.41, 5.74) is 2.70. The van der Waals surface area contributed by atoms with Gasteiger partial charge >= 0.3 is 6.01 Å². The van der Waals surface area contributed by atoms with Crippen molar-refractivity contribution in [1.82, 2.24) is 30.0 Å². The Labute approximate surface area is 231 Å². The third-order valence-electron chi connectivity index (χ3n) is 6.97. The molecule has 0 unspecified atom stereocenters. The van der Waals surface area contributed by atoms with E-state index in [1.54, 1.807) is 17.2 Å². The molecular formula is C28H31ClFN7O2. The van der Waals surface area contributed by atoms with Gasteiger partial charge in [-0.15, -0.1) is 0 Å². The molecule has 0 radical (unpaired) electrons. The lowest BCUT2D eigenvalue weighted by Gasteiger charge is -2.35. The van der Waals surface area contributed by atoms with Gasteiger partial charge in [0.25, 0.3) is 0 Å². The summed E-state index contributed by atoms with van der Waals surface area (Å²) in [5, 5.41) is 8.59. The van der Waals surface area contributed by atoms with E-state index in [2.05, 4.69) is 26.7 Å². The standard InChI is InChI=1S/C28H31ClFN7O2/c1-5-22(38)36-10-12-37(13-11-36)27-18-15-20(29)24(23-17(2)7-8-21-19(23)16-31-34-21)25(30)26(18)32-28(33-27)39-14-6-9-35(3)4/h5,7-8,15-16H,1,6,9-14H2,2-4H3,(H,31,34). The zero-order chi connectivity index (χ0) is 27.7. The van der Waals surface area contributed by atoms with Crippen LogP contribution in [0.4, 0.5) is 10.2 Å². The van der Waals surface area contributed by atoms with Gasteiger partial charge in [0.05, 0.1) is 23.3 Å². The van der Waals surface area contributed by atoms with Gasteiger partial charge in [0.15, 0.2) is 5.82 Å². The van der Waals surface area contributed by atoms with Gasteiger partial charge in [-0.25, -0.2) is 4.39 Å². The Hall–Kier alpha value is -3.76. The van der Waals surface area contributed by atoms with Crippen LogP contribution in [0.15, 0.2) is 37.1 Å². The van der Waals surface area contributed by atoms with Crippen molar-refractivity contribution in [2.75, 3.05) is 58.3 Å². The molecule has 1 N–H and O–H groups in total. The van der Waals surface area contributed by atoms with E-state index < -0.39 is 5.82 Å². The fraction of sp³-hybridized carbons (Fsp3) is 0.357. The Balaban J connectivity index is 1.62. The third-order valence-corrected chi connectivity index (χ3v) is 7.27. The molecular weight excluding hydrogens is 521 g/mol. The number of piperazine rings is 1. The van der Waals surface area contributed by atoms with Crippen LogP contribution in [0.5, 0.6) is 6.01 Å². The minimum Gasteiger partial charge on any atom is -0.463 e. The minimum atomic E-state index is -0.545. The van der Waals surface area contributed by atoms with E-state index in [0.29, 0.717) is 49.6 Å². The second kappa shape index (κ2) is 11.2. The molecule has 0 aliphatic carbocycles. The van der Waals surface area contributed by atoms with Crippen molar-refractivity contribution in [3.63, 3.8) is 0 Å². The molecule has 9 nitrogen and oxygen atoms in total. The average molecular weight is 552 g/mol. The second-order valence-electron chi connectivity index (χ2n) is 9.88. The number of carbonyl (C=O) groups excluding carboxylic acids is 1. The van der Waals surface area contributed by atoms with Crippen molar-refractivity contribution in [1.29, 1.82) is 0 Å². The van der Waals surface area contributed by atoms with Crippen LogP contribution in [-0.2, 0) is 4.79 Å². The SMILES string of the molecule is C=CC(=O)N1CCN(c2nc(OCCCN(C)C)nc3c(F)c(-c4c(C)ccc5[nH]ncc45)c(Cl)cc23)CC1. The maximum Gasteiger partial charge on any atom is 0.319 e. The third kappa shape index (κ3) is 5.26. The number of nitrogens with one attached hydrogen (secondary N) is 1. The van der Waals surface area contributed by atoms with Gasteiger partial charge in [-0.3, -0.25) is 9.89 Å². The van der Waals surface area contributed by atoms with E-state index in [9.17, 15) is 4.79 Å². The molecule has 2 aromatic heterocycles. The fourth-order valence-electron chi connectivity index (χ4n) is 4.97. The first kappa shape index (κ1) is 26.8. The number of benzene rings is 2. The Bertz CT molecular complexity index is 1550. The molecule has 0 saturated carbocycles. The molecule has 1 aliphatic rings. The quantitative estimate of drug-likeness (QED) is 0.256. The van der Waals surface area contributed by atoms with Crippen LogP contribution in [0.3, 0.4) is 0 Å². The number of aryl methyl sites for hydroxylation is 1. The zero-order valence-electron chi connectivity index (χ0n) is 22.3. The number of fused-ring (bicyclic) bond motifs is 2. The van der Waals surface area contributed by atoms with E-state index >= 15 is 4.39 Å². The Morgan fingerprint density at radius 3 is 2.69 bits per heavy atom. The van der Waals surface area contributed by atoms with Gasteiger partial charge in [-0.2, -0.15) is 15.1 Å². The first-order valence-corrected chi connectivity index (χ1v) is 13.2. The van der Waals surface area contributed by atoms with Crippen molar-refractivity contribution < 1.29 is 13.9 Å². The largest absolute Gasteiger partial charge is 0.463 e. The van der Waals surface area contributed by atoms with Crippen molar-refractivity contribution in [3.05, 3.63) is 53.5 Å². The minimum absolute atomic E-state index is 0.103. The van der Waals surface area contributed by atoms with Crippen molar-refractivity contribution in [2.45, 2.75) is 13.3 Å². The molecule has 0 spiro atoms. The summed E-state index contributed by atoms with van der Waals surface area (Å²) in [6.45, 7) is 8.73. The number of carbonyl (C=O) groups is 1. The highest BCUT2D eigenvalue weighted by Gasteiger charge is 2.27. The molecule has 2 aromatic carbocycles. The zero-order valence-corrected chi connectivity index (χ0v) is 23.1. The van der Waals surface area contributed by atoms with Crippen LogP contribution in [0.1, 0.15) is 12.0 Å². The highest BCUT2D eigenvalue weighted by Crippen LogP contribution is 2.42. The van der Waals surface area contributed by atoms with Crippen LogP contribution in [0, 0.1) is 12.7 Å². The molecule has 0 atom stereocenters. The van der Waals surface area contributed by atoms with Crippen LogP contribution in [0.25, 0.3) is 32.9 Å². The topological polar surface area (TPSA) is 90.5 Å². The van der Waals surface area contributed by atoms with Crippen LogP contribution in [0.2, 0.25) is 5.02 Å². The number of aromatic nitrogens is 4. The molecule has 204 valence electrons. The van der Waals surface area contributed by atoms with E-state index in [0.717, 1.165) is 29.4 Å². The highest BCUT2D eigenvalue weighted by molar-refractivity contribution is 6.35. The maximum atomic E-state index is 16.5.